The molecule has 0 atom stereocenters. The summed E-state index contributed by atoms with van der Waals surface area (Å²) in [6.45, 7) is 1.85. The van der Waals surface area contributed by atoms with Gasteiger partial charge in [0.2, 0.25) is 0 Å². The Morgan fingerprint density at radius 2 is 2.28 bits per heavy atom. The Hall–Kier alpha value is -1.75. The molecular formula is C13H13N3OS. The summed E-state index contributed by atoms with van der Waals surface area (Å²) in [6.07, 6.45) is 2.68. The first-order valence-electron chi connectivity index (χ1n) is 5.78. The van der Waals surface area contributed by atoms with Gasteiger partial charge in [0.1, 0.15) is 11.3 Å². The molecule has 0 bridgehead atoms. The van der Waals surface area contributed by atoms with E-state index in [1.807, 2.05) is 31.3 Å². The number of aromatic nitrogens is 3. The number of nitrogens with zero attached hydrogens (tertiary/aromatic N) is 2. The third-order valence-electron chi connectivity index (χ3n) is 2.78. The van der Waals surface area contributed by atoms with E-state index in [0.29, 0.717) is 5.89 Å². The number of nitrogens with one attached hydrogen (secondary N) is 1. The fourth-order valence-electron chi connectivity index (χ4n) is 1.95. The molecule has 3 rings (SSSR count). The Morgan fingerprint density at radius 1 is 1.39 bits per heavy atom. The van der Waals surface area contributed by atoms with Crippen molar-refractivity contribution in [3.63, 3.8) is 0 Å². The number of hydrogen-bond acceptors (Lipinski definition) is 4. The van der Waals surface area contributed by atoms with Gasteiger partial charge in [0.05, 0.1) is 11.9 Å². The van der Waals surface area contributed by atoms with E-state index in [1.165, 1.54) is 0 Å². The van der Waals surface area contributed by atoms with Crippen LogP contribution in [0.4, 0.5) is 0 Å². The normalized spacial score (nSPS) is 11.2. The number of aryl methyl sites for hydroxylation is 2. The average Bonchev–Trinajstić information content (AvgIpc) is 2.93. The summed E-state index contributed by atoms with van der Waals surface area (Å²) >= 11 is 4.20. The van der Waals surface area contributed by atoms with Gasteiger partial charge >= 0.3 is 0 Å². The lowest BCUT2D eigenvalue weighted by Gasteiger charge is -1.96. The molecule has 0 aliphatic carbocycles. The summed E-state index contributed by atoms with van der Waals surface area (Å²) in [7, 11) is 0. The first kappa shape index (κ1) is 11.3. The van der Waals surface area contributed by atoms with Crippen molar-refractivity contribution in [3.8, 4) is 11.3 Å². The molecule has 0 unspecified atom stereocenters. The molecular weight excluding hydrogens is 246 g/mol. The van der Waals surface area contributed by atoms with Gasteiger partial charge in [0.15, 0.2) is 11.5 Å². The Morgan fingerprint density at radius 3 is 3.11 bits per heavy atom. The fourth-order valence-corrected chi connectivity index (χ4v) is 2.16. The van der Waals surface area contributed by atoms with E-state index in [2.05, 4.69) is 27.6 Å². The van der Waals surface area contributed by atoms with Crippen molar-refractivity contribution in [1.29, 1.82) is 0 Å². The van der Waals surface area contributed by atoms with Crippen molar-refractivity contribution < 1.29 is 4.42 Å². The van der Waals surface area contributed by atoms with Crippen LogP contribution < -0.4 is 0 Å². The predicted octanol–water partition coefficient (Wildman–Crippen LogP) is 3.00. The molecule has 0 saturated carbocycles. The summed E-state index contributed by atoms with van der Waals surface area (Å²) in [5, 5.41) is 0. The van der Waals surface area contributed by atoms with Crippen LogP contribution in [-0.2, 0) is 6.42 Å². The molecule has 0 aliphatic rings. The second-order valence-corrected chi connectivity index (χ2v) is 4.58. The molecule has 1 N–H and O–H groups in total. The summed E-state index contributed by atoms with van der Waals surface area (Å²) in [5.74, 6) is 2.42. The standard InChI is InChI=1S/C13H13N3OS/c1-8-15-10-3-2-9(6-12(10)17-8)11-7-14-13(16-11)4-5-18/h2-3,6-7,18H,4-5H2,1H3,(H,14,16). The third kappa shape index (κ3) is 2.01. The minimum absolute atomic E-state index is 0.683. The Labute approximate surface area is 110 Å². The molecule has 0 aliphatic heterocycles. The third-order valence-corrected chi connectivity index (χ3v) is 3.01. The van der Waals surface area contributed by atoms with Crippen LogP contribution in [0.3, 0.4) is 0 Å². The van der Waals surface area contributed by atoms with Crippen molar-refractivity contribution in [3.05, 3.63) is 36.1 Å². The Balaban J connectivity index is 2.01. The van der Waals surface area contributed by atoms with Gasteiger partial charge in [0, 0.05) is 18.9 Å². The van der Waals surface area contributed by atoms with Crippen molar-refractivity contribution in [2.24, 2.45) is 0 Å². The molecule has 0 spiro atoms. The van der Waals surface area contributed by atoms with Crippen LogP contribution in [0.25, 0.3) is 22.4 Å². The van der Waals surface area contributed by atoms with Crippen LogP contribution in [0.5, 0.6) is 0 Å². The summed E-state index contributed by atoms with van der Waals surface area (Å²) < 4.78 is 5.53. The zero-order valence-corrected chi connectivity index (χ0v) is 10.9. The van der Waals surface area contributed by atoms with Gasteiger partial charge in [0.25, 0.3) is 0 Å². The number of thiol groups is 1. The fraction of sp³-hybridized carbons (Fsp3) is 0.231. The van der Waals surface area contributed by atoms with E-state index < -0.39 is 0 Å². The number of rotatable bonds is 3. The van der Waals surface area contributed by atoms with Gasteiger partial charge in [-0.3, -0.25) is 0 Å². The summed E-state index contributed by atoms with van der Waals surface area (Å²) in [5.41, 5.74) is 3.72. The SMILES string of the molecule is Cc1nc2ccc(-c3cnc(CCS)[nH]3)cc2o1. The molecule has 0 radical (unpaired) electrons. The number of oxazole rings is 1. The predicted molar refractivity (Wildman–Crippen MR) is 73.9 cm³/mol. The zero-order valence-electron chi connectivity index (χ0n) is 9.97. The smallest absolute Gasteiger partial charge is 0.192 e. The van der Waals surface area contributed by atoms with E-state index in [4.69, 9.17) is 4.42 Å². The van der Waals surface area contributed by atoms with Gasteiger partial charge < -0.3 is 9.40 Å². The van der Waals surface area contributed by atoms with Crippen molar-refractivity contribution in [1.82, 2.24) is 15.0 Å². The second-order valence-electron chi connectivity index (χ2n) is 4.13. The Kier molecular flexibility index (Phi) is 2.83. The summed E-state index contributed by atoms with van der Waals surface area (Å²) in [4.78, 5) is 11.9. The molecule has 0 saturated heterocycles. The highest BCUT2D eigenvalue weighted by atomic mass is 32.1. The molecule has 0 amide bonds. The highest BCUT2D eigenvalue weighted by molar-refractivity contribution is 7.80. The van der Waals surface area contributed by atoms with Gasteiger partial charge in [-0.2, -0.15) is 12.6 Å². The number of imidazole rings is 1. The first-order valence-corrected chi connectivity index (χ1v) is 6.42. The minimum atomic E-state index is 0.683. The maximum Gasteiger partial charge on any atom is 0.192 e. The molecule has 3 aromatic rings. The van der Waals surface area contributed by atoms with Crippen LogP contribution in [0.15, 0.2) is 28.8 Å². The van der Waals surface area contributed by atoms with E-state index in [-0.39, 0.29) is 0 Å². The maximum atomic E-state index is 5.53. The van der Waals surface area contributed by atoms with Gasteiger partial charge in [-0.25, -0.2) is 9.97 Å². The lowest BCUT2D eigenvalue weighted by molar-refractivity contribution is 0.561. The number of aromatic amines is 1. The van der Waals surface area contributed by atoms with Crippen LogP contribution in [0, 0.1) is 6.92 Å². The maximum absolute atomic E-state index is 5.53. The summed E-state index contributed by atoms with van der Waals surface area (Å²) in [6, 6.07) is 5.95. The molecule has 0 fully saturated rings. The topological polar surface area (TPSA) is 54.7 Å². The lowest BCUT2D eigenvalue weighted by atomic mass is 10.1. The second kappa shape index (κ2) is 4.49. The first-order chi connectivity index (χ1) is 8.76. The molecule has 18 heavy (non-hydrogen) atoms. The average molecular weight is 259 g/mol. The van der Waals surface area contributed by atoms with Crippen LogP contribution in [0.1, 0.15) is 11.7 Å². The van der Waals surface area contributed by atoms with E-state index in [9.17, 15) is 0 Å². The number of fused-ring (bicyclic) bond motifs is 1. The van der Waals surface area contributed by atoms with Crippen LogP contribution in [-0.4, -0.2) is 20.7 Å². The van der Waals surface area contributed by atoms with E-state index in [1.54, 1.807) is 0 Å². The van der Waals surface area contributed by atoms with Crippen molar-refractivity contribution in [2.75, 3.05) is 5.75 Å². The van der Waals surface area contributed by atoms with Crippen molar-refractivity contribution in [2.45, 2.75) is 13.3 Å². The molecule has 2 heterocycles. The van der Waals surface area contributed by atoms with Crippen LogP contribution >= 0.6 is 12.6 Å². The van der Waals surface area contributed by atoms with Crippen molar-refractivity contribution >= 4 is 23.7 Å². The number of benzene rings is 1. The molecule has 2 aromatic heterocycles. The van der Waals surface area contributed by atoms with Gasteiger partial charge in [-0.15, -0.1) is 0 Å². The van der Waals surface area contributed by atoms with E-state index in [0.717, 1.165) is 40.4 Å². The molecule has 4 nitrogen and oxygen atoms in total. The lowest BCUT2D eigenvalue weighted by Crippen LogP contribution is -1.88. The molecule has 1 aromatic carbocycles. The van der Waals surface area contributed by atoms with Crippen LogP contribution in [0.2, 0.25) is 0 Å². The molecule has 5 heteroatoms. The quantitative estimate of drug-likeness (QED) is 0.711. The largest absolute Gasteiger partial charge is 0.441 e. The number of H-pyrrole nitrogens is 1. The zero-order chi connectivity index (χ0) is 12.5. The van der Waals surface area contributed by atoms with E-state index >= 15 is 0 Å². The highest BCUT2D eigenvalue weighted by Crippen LogP contribution is 2.23. The number of hydrogen-bond donors (Lipinski definition) is 2. The monoisotopic (exact) mass is 259 g/mol. The minimum Gasteiger partial charge on any atom is -0.441 e. The Bertz CT molecular complexity index is 686. The highest BCUT2D eigenvalue weighted by Gasteiger charge is 2.07. The molecule has 92 valence electrons. The van der Waals surface area contributed by atoms with Gasteiger partial charge in [-0.1, -0.05) is 6.07 Å². The van der Waals surface area contributed by atoms with Gasteiger partial charge in [-0.05, 0) is 17.9 Å².